The minimum Gasteiger partial charge on any atom is -0.504 e. The van der Waals surface area contributed by atoms with E-state index in [4.69, 9.17) is 4.84 Å². The Kier molecular flexibility index (Phi) is 2.51. The molecule has 90 valence electrons. The summed E-state index contributed by atoms with van der Waals surface area (Å²) in [5, 5.41) is 19.2. The number of hydroxylamine groups is 2. The Bertz CT molecular complexity index is 468. The van der Waals surface area contributed by atoms with Crippen LogP contribution in [0, 0.1) is 0 Å². The summed E-state index contributed by atoms with van der Waals surface area (Å²) in [6, 6.07) is 2.10. The number of fused-ring (bicyclic) bond motifs is 1. The third-order valence-corrected chi connectivity index (χ3v) is 2.26. The molecule has 0 unspecified atom stereocenters. The number of carbonyl (C=O) groups is 2. The van der Waals surface area contributed by atoms with Crippen LogP contribution in [0.25, 0.3) is 0 Å². The van der Waals surface area contributed by atoms with E-state index in [2.05, 4.69) is 0 Å². The van der Waals surface area contributed by atoms with Gasteiger partial charge in [0.2, 0.25) is 0 Å². The van der Waals surface area contributed by atoms with Crippen molar-refractivity contribution in [3.05, 3.63) is 23.3 Å². The van der Waals surface area contributed by atoms with Crippen LogP contribution in [0.2, 0.25) is 0 Å². The van der Waals surface area contributed by atoms with E-state index in [1.807, 2.05) is 0 Å². The SMILES string of the molecule is CC(C)ON1C(=O)c2cc(O)c(O)cc2C1=O. The maximum absolute atomic E-state index is 11.8. The van der Waals surface area contributed by atoms with E-state index in [9.17, 15) is 19.8 Å². The fourth-order valence-electron chi connectivity index (χ4n) is 1.55. The molecule has 0 aromatic heterocycles. The van der Waals surface area contributed by atoms with Crippen LogP contribution in [-0.4, -0.2) is 33.2 Å². The molecule has 0 spiro atoms. The summed E-state index contributed by atoms with van der Waals surface area (Å²) in [5.74, 6) is -2.18. The Morgan fingerprint density at radius 2 is 1.47 bits per heavy atom. The van der Waals surface area contributed by atoms with Gasteiger partial charge in [-0.15, -0.1) is 5.06 Å². The highest BCUT2D eigenvalue weighted by Crippen LogP contribution is 2.33. The molecule has 1 aliphatic heterocycles. The summed E-state index contributed by atoms with van der Waals surface area (Å²) in [6.45, 7) is 3.36. The number of hydrogen-bond acceptors (Lipinski definition) is 5. The normalized spacial score (nSPS) is 14.6. The molecule has 6 nitrogen and oxygen atoms in total. The Morgan fingerprint density at radius 3 is 1.82 bits per heavy atom. The highest BCUT2D eigenvalue weighted by molar-refractivity contribution is 6.20. The van der Waals surface area contributed by atoms with E-state index in [1.54, 1.807) is 13.8 Å². The Morgan fingerprint density at radius 1 is 1.06 bits per heavy atom. The maximum Gasteiger partial charge on any atom is 0.286 e. The van der Waals surface area contributed by atoms with Crippen molar-refractivity contribution < 1.29 is 24.6 Å². The Balaban J connectivity index is 2.46. The molecule has 0 saturated carbocycles. The van der Waals surface area contributed by atoms with Crippen LogP contribution in [0.4, 0.5) is 0 Å². The van der Waals surface area contributed by atoms with Crippen molar-refractivity contribution in [1.82, 2.24) is 5.06 Å². The third-order valence-electron chi connectivity index (χ3n) is 2.26. The standard InChI is InChI=1S/C11H11NO5/c1-5(2)17-12-10(15)6-3-8(13)9(14)4-7(6)11(12)16/h3-5,13-14H,1-2H3. The highest BCUT2D eigenvalue weighted by Gasteiger charge is 2.38. The number of imide groups is 1. The molecule has 17 heavy (non-hydrogen) atoms. The average molecular weight is 237 g/mol. The fourth-order valence-corrected chi connectivity index (χ4v) is 1.55. The van der Waals surface area contributed by atoms with Gasteiger partial charge in [-0.05, 0) is 26.0 Å². The van der Waals surface area contributed by atoms with E-state index in [1.165, 1.54) is 0 Å². The minimum absolute atomic E-state index is 0.0194. The third kappa shape index (κ3) is 1.72. The lowest BCUT2D eigenvalue weighted by Crippen LogP contribution is -2.32. The molecule has 2 amide bonds. The number of carbonyl (C=O) groups excluding carboxylic acids is 2. The molecule has 0 atom stereocenters. The monoisotopic (exact) mass is 237 g/mol. The molecule has 1 aromatic rings. The number of rotatable bonds is 2. The van der Waals surface area contributed by atoms with Crippen LogP contribution < -0.4 is 0 Å². The summed E-state index contributed by atoms with van der Waals surface area (Å²) in [6.07, 6.45) is -0.334. The summed E-state index contributed by atoms with van der Waals surface area (Å²) in [4.78, 5) is 28.7. The first-order valence-corrected chi connectivity index (χ1v) is 5.03. The van der Waals surface area contributed by atoms with Crippen molar-refractivity contribution in [2.24, 2.45) is 0 Å². The zero-order chi connectivity index (χ0) is 12.7. The summed E-state index contributed by atoms with van der Waals surface area (Å²) in [7, 11) is 0. The van der Waals surface area contributed by atoms with Crippen molar-refractivity contribution in [2.45, 2.75) is 20.0 Å². The van der Waals surface area contributed by atoms with E-state index >= 15 is 0 Å². The molecule has 2 rings (SSSR count). The molecular weight excluding hydrogens is 226 g/mol. The number of aromatic hydroxyl groups is 2. The second-order valence-electron chi connectivity index (χ2n) is 3.95. The van der Waals surface area contributed by atoms with Crippen LogP contribution >= 0.6 is 0 Å². The molecule has 0 saturated heterocycles. The quantitative estimate of drug-likeness (QED) is 0.592. The predicted molar refractivity (Wildman–Crippen MR) is 56.5 cm³/mol. The van der Waals surface area contributed by atoms with Gasteiger partial charge in [0.15, 0.2) is 11.5 Å². The first-order valence-electron chi connectivity index (χ1n) is 5.03. The molecule has 1 aliphatic rings. The number of phenols is 2. The van der Waals surface area contributed by atoms with Gasteiger partial charge in [0, 0.05) is 0 Å². The fraction of sp³-hybridized carbons (Fsp3) is 0.273. The van der Waals surface area contributed by atoms with Gasteiger partial charge in [-0.3, -0.25) is 14.4 Å². The van der Waals surface area contributed by atoms with Crippen molar-refractivity contribution in [1.29, 1.82) is 0 Å². The van der Waals surface area contributed by atoms with Crippen LogP contribution in [0.5, 0.6) is 11.5 Å². The largest absolute Gasteiger partial charge is 0.504 e. The second-order valence-corrected chi connectivity index (χ2v) is 3.95. The molecule has 2 N–H and O–H groups in total. The molecule has 0 bridgehead atoms. The van der Waals surface area contributed by atoms with E-state index < -0.39 is 23.3 Å². The van der Waals surface area contributed by atoms with Gasteiger partial charge in [0.05, 0.1) is 17.2 Å². The van der Waals surface area contributed by atoms with Crippen molar-refractivity contribution in [3.63, 3.8) is 0 Å². The minimum atomic E-state index is -0.644. The zero-order valence-electron chi connectivity index (χ0n) is 9.30. The zero-order valence-corrected chi connectivity index (χ0v) is 9.30. The van der Waals surface area contributed by atoms with Gasteiger partial charge in [0.25, 0.3) is 11.8 Å². The topological polar surface area (TPSA) is 87.1 Å². The van der Waals surface area contributed by atoms with Crippen molar-refractivity contribution >= 4 is 11.8 Å². The van der Waals surface area contributed by atoms with Gasteiger partial charge in [-0.1, -0.05) is 0 Å². The van der Waals surface area contributed by atoms with Crippen LogP contribution in [0.1, 0.15) is 34.6 Å². The van der Waals surface area contributed by atoms with Crippen LogP contribution in [0.15, 0.2) is 12.1 Å². The lowest BCUT2D eigenvalue weighted by Gasteiger charge is -2.15. The number of amides is 2. The maximum atomic E-state index is 11.8. The van der Waals surface area contributed by atoms with Gasteiger partial charge in [-0.25, -0.2) is 0 Å². The second kappa shape index (κ2) is 3.74. The first kappa shape index (κ1) is 11.4. The van der Waals surface area contributed by atoms with Crippen LogP contribution in [-0.2, 0) is 4.84 Å². The lowest BCUT2D eigenvalue weighted by molar-refractivity contribution is -0.120. The lowest BCUT2D eigenvalue weighted by atomic mass is 10.1. The number of hydrogen-bond donors (Lipinski definition) is 2. The smallest absolute Gasteiger partial charge is 0.286 e. The molecule has 1 aromatic carbocycles. The average Bonchev–Trinajstić information content (AvgIpc) is 2.45. The summed E-state index contributed by atoms with van der Waals surface area (Å²) < 4.78 is 0. The molecular formula is C11H11NO5. The highest BCUT2D eigenvalue weighted by atomic mass is 16.7. The van der Waals surface area contributed by atoms with Gasteiger partial charge in [0.1, 0.15) is 0 Å². The molecule has 0 radical (unpaired) electrons. The van der Waals surface area contributed by atoms with Gasteiger partial charge < -0.3 is 10.2 Å². The predicted octanol–water partition coefficient (Wildman–Crippen LogP) is 1.03. The molecule has 0 fully saturated rings. The number of nitrogens with zero attached hydrogens (tertiary/aromatic N) is 1. The summed E-state index contributed by atoms with van der Waals surface area (Å²) >= 11 is 0. The number of phenolic OH excluding ortho intramolecular Hbond substituents is 2. The Labute approximate surface area is 97.0 Å². The van der Waals surface area contributed by atoms with E-state index in [0.29, 0.717) is 5.06 Å². The molecule has 6 heteroatoms. The van der Waals surface area contributed by atoms with E-state index in [-0.39, 0.29) is 17.2 Å². The molecule has 1 heterocycles. The van der Waals surface area contributed by atoms with Gasteiger partial charge in [-0.2, -0.15) is 0 Å². The van der Waals surface area contributed by atoms with E-state index in [0.717, 1.165) is 12.1 Å². The van der Waals surface area contributed by atoms with Gasteiger partial charge >= 0.3 is 0 Å². The van der Waals surface area contributed by atoms with Crippen molar-refractivity contribution in [2.75, 3.05) is 0 Å². The Hall–Kier alpha value is -2.08. The first-order chi connectivity index (χ1) is 7.91. The van der Waals surface area contributed by atoms with Crippen LogP contribution in [0.3, 0.4) is 0 Å². The summed E-state index contributed by atoms with van der Waals surface area (Å²) in [5.41, 5.74) is 0.0388. The number of benzene rings is 1. The molecule has 0 aliphatic carbocycles. The van der Waals surface area contributed by atoms with Crippen molar-refractivity contribution in [3.8, 4) is 11.5 Å².